The van der Waals surface area contributed by atoms with Crippen LogP contribution in [0, 0.1) is 6.92 Å². The van der Waals surface area contributed by atoms with Crippen molar-refractivity contribution in [1.82, 2.24) is 14.9 Å². The Morgan fingerprint density at radius 1 is 1.29 bits per heavy atom. The number of aromatic nitrogens is 2. The number of piperazine rings is 1. The van der Waals surface area contributed by atoms with Crippen LogP contribution in [0.15, 0.2) is 0 Å². The molecule has 0 aromatic carbocycles. The predicted octanol–water partition coefficient (Wildman–Crippen LogP) is 2.48. The van der Waals surface area contributed by atoms with Gasteiger partial charge in [0.15, 0.2) is 0 Å². The van der Waals surface area contributed by atoms with E-state index in [2.05, 4.69) is 54.8 Å². The first-order valence-corrected chi connectivity index (χ1v) is 7.99. The fraction of sp³-hybridized carbons (Fsp3) is 0.750. The molecule has 1 fully saturated rings. The number of hydrogen-bond donors (Lipinski definition) is 1. The molecule has 1 saturated heterocycles. The Labute approximate surface area is 128 Å². The minimum absolute atomic E-state index is 0.339. The maximum Gasteiger partial charge on any atom is 0.137 e. The standard InChI is InChI=1S/C16H29N5/c1-7-13-10-21(9-8-20(13)6)16-12(4)15(17-5)18-14(19-16)11(2)3/h11,13H,7-10H2,1-6H3,(H,17,18,19). The highest BCUT2D eigenvalue weighted by molar-refractivity contribution is 5.59. The smallest absolute Gasteiger partial charge is 0.137 e. The number of rotatable bonds is 4. The third-order valence-electron chi connectivity index (χ3n) is 4.44. The molecule has 118 valence electrons. The molecule has 0 bridgehead atoms. The van der Waals surface area contributed by atoms with Gasteiger partial charge in [-0.05, 0) is 20.4 Å². The predicted molar refractivity (Wildman–Crippen MR) is 89.3 cm³/mol. The van der Waals surface area contributed by atoms with E-state index in [1.54, 1.807) is 0 Å². The molecule has 0 amide bonds. The van der Waals surface area contributed by atoms with Gasteiger partial charge >= 0.3 is 0 Å². The van der Waals surface area contributed by atoms with E-state index in [0.717, 1.165) is 42.7 Å². The van der Waals surface area contributed by atoms with Crippen molar-refractivity contribution in [3.8, 4) is 0 Å². The molecule has 1 N–H and O–H groups in total. The first-order valence-electron chi connectivity index (χ1n) is 7.99. The summed E-state index contributed by atoms with van der Waals surface area (Å²) < 4.78 is 0. The van der Waals surface area contributed by atoms with Gasteiger partial charge < -0.3 is 10.2 Å². The van der Waals surface area contributed by atoms with Crippen LogP contribution < -0.4 is 10.2 Å². The summed E-state index contributed by atoms with van der Waals surface area (Å²) in [6.45, 7) is 11.8. The first-order chi connectivity index (χ1) is 9.97. The molecule has 0 aliphatic carbocycles. The molecule has 0 radical (unpaired) electrons. The SMILES string of the molecule is CCC1CN(c2nc(C(C)C)nc(NC)c2C)CCN1C. The van der Waals surface area contributed by atoms with Gasteiger partial charge in [0, 0.05) is 44.2 Å². The molecule has 0 saturated carbocycles. The van der Waals surface area contributed by atoms with Gasteiger partial charge in [-0.15, -0.1) is 0 Å². The Bertz CT molecular complexity index is 486. The lowest BCUT2D eigenvalue weighted by Crippen LogP contribution is -2.51. The number of nitrogens with one attached hydrogen (secondary N) is 1. The molecule has 1 aliphatic rings. The van der Waals surface area contributed by atoms with E-state index in [4.69, 9.17) is 4.98 Å². The van der Waals surface area contributed by atoms with Crippen molar-refractivity contribution in [2.45, 2.75) is 46.1 Å². The zero-order valence-electron chi connectivity index (χ0n) is 14.3. The first kappa shape index (κ1) is 16.0. The monoisotopic (exact) mass is 291 g/mol. The number of hydrogen-bond acceptors (Lipinski definition) is 5. The second kappa shape index (κ2) is 6.60. The van der Waals surface area contributed by atoms with E-state index in [1.165, 1.54) is 6.42 Å². The highest BCUT2D eigenvalue weighted by atomic mass is 15.3. The molecular formula is C16H29N5. The van der Waals surface area contributed by atoms with Crippen LogP contribution in [0.25, 0.3) is 0 Å². The number of anilines is 2. The summed E-state index contributed by atoms with van der Waals surface area (Å²) in [5, 5.41) is 3.22. The lowest BCUT2D eigenvalue weighted by molar-refractivity contribution is 0.212. The Hall–Kier alpha value is -1.36. The van der Waals surface area contributed by atoms with Gasteiger partial charge in [-0.25, -0.2) is 9.97 Å². The van der Waals surface area contributed by atoms with Crippen molar-refractivity contribution in [2.24, 2.45) is 0 Å². The topological polar surface area (TPSA) is 44.3 Å². The van der Waals surface area contributed by atoms with Crippen LogP contribution in [0.5, 0.6) is 0 Å². The van der Waals surface area contributed by atoms with E-state index >= 15 is 0 Å². The van der Waals surface area contributed by atoms with Crippen LogP contribution in [0.2, 0.25) is 0 Å². The second-order valence-electron chi connectivity index (χ2n) is 6.27. The molecule has 1 aliphatic heterocycles. The maximum atomic E-state index is 4.85. The summed E-state index contributed by atoms with van der Waals surface area (Å²) in [5.74, 6) is 3.32. The molecule has 1 aromatic rings. The molecular weight excluding hydrogens is 262 g/mol. The summed E-state index contributed by atoms with van der Waals surface area (Å²) in [5.41, 5.74) is 1.15. The van der Waals surface area contributed by atoms with Crippen molar-refractivity contribution in [3.63, 3.8) is 0 Å². The van der Waals surface area contributed by atoms with Crippen LogP contribution in [0.4, 0.5) is 11.6 Å². The fourth-order valence-corrected chi connectivity index (χ4v) is 2.91. The number of likely N-dealkylation sites (N-methyl/N-ethyl adjacent to an activating group) is 1. The van der Waals surface area contributed by atoms with E-state index in [0.29, 0.717) is 12.0 Å². The molecule has 1 atom stereocenters. The van der Waals surface area contributed by atoms with Gasteiger partial charge in [-0.2, -0.15) is 0 Å². The van der Waals surface area contributed by atoms with Gasteiger partial charge in [0.2, 0.25) is 0 Å². The summed E-state index contributed by atoms with van der Waals surface area (Å²) in [4.78, 5) is 14.4. The van der Waals surface area contributed by atoms with Gasteiger partial charge in [0.1, 0.15) is 17.5 Å². The van der Waals surface area contributed by atoms with E-state index in [1.807, 2.05) is 7.05 Å². The van der Waals surface area contributed by atoms with E-state index < -0.39 is 0 Å². The third kappa shape index (κ3) is 3.28. The lowest BCUT2D eigenvalue weighted by Gasteiger charge is -2.40. The highest BCUT2D eigenvalue weighted by Gasteiger charge is 2.26. The average Bonchev–Trinajstić information content (AvgIpc) is 2.48. The highest BCUT2D eigenvalue weighted by Crippen LogP contribution is 2.27. The van der Waals surface area contributed by atoms with Gasteiger partial charge in [0.25, 0.3) is 0 Å². The molecule has 5 nitrogen and oxygen atoms in total. The van der Waals surface area contributed by atoms with Crippen molar-refractivity contribution in [3.05, 3.63) is 11.4 Å². The second-order valence-corrected chi connectivity index (χ2v) is 6.27. The minimum Gasteiger partial charge on any atom is -0.373 e. The largest absolute Gasteiger partial charge is 0.373 e. The van der Waals surface area contributed by atoms with Crippen molar-refractivity contribution < 1.29 is 0 Å². The van der Waals surface area contributed by atoms with E-state index in [9.17, 15) is 0 Å². The van der Waals surface area contributed by atoms with Gasteiger partial charge in [-0.3, -0.25) is 4.90 Å². The summed E-state index contributed by atoms with van der Waals surface area (Å²) in [7, 11) is 4.15. The van der Waals surface area contributed by atoms with Crippen LogP contribution >= 0.6 is 0 Å². The normalized spacial score (nSPS) is 20.1. The summed E-state index contributed by atoms with van der Waals surface area (Å²) in [6.07, 6.45) is 1.17. The van der Waals surface area contributed by atoms with Gasteiger partial charge in [0.05, 0.1) is 0 Å². The van der Waals surface area contributed by atoms with E-state index in [-0.39, 0.29) is 0 Å². The lowest BCUT2D eigenvalue weighted by atomic mass is 10.1. The zero-order chi connectivity index (χ0) is 15.6. The summed E-state index contributed by atoms with van der Waals surface area (Å²) in [6, 6.07) is 0.605. The van der Waals surface area contributed by atoms with Crippen molar-refractivity contribution in [1.29, 1.82) is 0 Å². The van der Waals surface area contributed by atoms with Crippen molar-refractivity contribution in [2.75, 3.05) is 43.9 Å². The molecule has 5 heteroatoms. The Kier molecular flexibility index (Phi) is 5.04. The quantitative estimate of drug-likeness (QED) is 0.923. The molecule has 21 heavy (non-hydrogen) atoms. The molecule has 2 rings (SSSR count). The molecule has 1 aromatic heterocycles. The minimum atomic E-state index is 0.339. The number of nitrogens with zero attached hydrogens (tertiary/aromatic N) is 4. The molecule has 1 unspecified atom stereocenters. The zero-order valence-corrected chi connectivity index (χ0v) is 14.3. The Balaban J connectivity index is 2.36. The third-order valence-corrected chi connectivity index (χ3v) is 4.44. The molecule has 0 spiro atoms. The Morgan fingerprint density at radius 2 is 2.00 bits per heavy atom. The molecule has 2 heterocycles. The average molecular weight is 291 g/mol. The van der Waals surface area contributed by atoms with Gasteiger partial charge in [-0.1, -0.05) is 20.8 Å². The van der Waals surface area contributed by atoms with Crippen LogP contribution in [0.3, 0.4) is 0 Å². The fourth-order valence-electron chi connectivity index (χ4n) is 2.91. The van der Waals surface area contributed by atoms with Crippen LogP contribution in [-0.4, -0.2) is 54.6 Å². The summed E-state index contributed by atoms with van der Waals surface area (Å²) >= 11 is 0. The van der Waals surface area contributed by atoms with Crippen molar-refractivity contribution >= 4 is 11.6 Å². The van der Waals surface area contributed by atoms with Crippen LogP contribution in [0.1, 0.15) is 44.5 Å². The maximum absolute atomic E-state index is 4.85. The van der Waals surface area contributed by atoms with Crippen LogP contribution in [-0.2, 0) is 0 Å². The Morgan fingerprint density at radius 3 is 2.57 bits per heavy atom.